The van der Waals surface area contributed by atoms with E-state index in [0.717, 1.165) is 5.56 Å². The molecule has 0 amide bonds. The lowest BCUT2D eigenvalue weighted by Gasteiger charge is -2.10. The first kappa shape index (κ1) is 17.7. The molecule has 2 rings (SSSR count). The van der Waals surface area contributed by atoms with Crippen LogP contribution in [-0.2, 0) is 4.84 Å². The second-order valence-corrected chi connectivity index (χ2v) is 5.89. The molecular weight excluding hydrogens is 357 g/mol. The van der Waals surface area contributed by atoms with E-state index >= 15 is 0 Å². The predicted octanol–water partition coefficient (Wildman–Crippen LogP) is 4.88. The average Bonchev–Trinajstić information content (AvgIpc) is 2.58. The highest BCUT2D eigenvalue weighted by molar-refractivity contribution is 8.13. The Morgan fingerprint density at radius 2 is 1.74 bits per heavy atom. The van der Waals surface area contributed by atoms with Crippen LogP contribution >= 0.6 is 35.0 Å². The highest BCUT2D eigenvalue weighted by Gasteiger charge is 2.21. The standard InChI is InChI=1S/C16H13Cl2NO3S/c1-21-14-12(18)9-8-11(17)13(14)16(20)22-19-15(23-2)10-6-4-3-5-7-10/h3-9H,1-2H3/b19-15-. The minimum Gasteiger partial charge on any atom is -0.494 e. The predicted molar refractivity (Wildman–Crippen MR) is 94.9 cm³/mol. The molecule has 2 aromatic carbocycles. The Morgan fingerprint density at radius 3 is 2.35 bits per heavy atom. The molecular formula is C16H13Cl2NO3S. The first-order valence-corrected chi connectivity index (χ1v) is 8.47. The number of carbonyl (C=O) groups is 1. The summed E-state index contributed by atoms with van der Waals surface area (Å²) < 4.78 is 5.12. The fourth-order valence-electron chi connectivity index (χ4n) is 1.84. The Balaban J connectivity index is 2.29. The van der Waals surface area contributed by atoms with Gasteiger partial charge in [-0.25, -0.2) is 4.79 Å². The van der Waals surface area contributed by atoms with Crippen LogP contribution in [0.1, 0.15) is 15.9 Å². The number of hydrogen-bond acceptors (Lipinski definition) is 5. The third-order valence-electron chi connectivity index (χ3n) is 2.89. The molecule has 0 saturated carbocycles. The van der Waals surface area contributed by atoms with Crippen molar-refractivity contribution < 1.29 is 14.4 Å². The van der Waals surface area contributed by atoms with Crippen LogP contribution in [0.2, 0.25) is 10.0 Å². The van der Waals surface area contributed by atoms with Gasteiger partial charge in [-0.2, -0.15) is 0 Å². The molecule has 120 valence electrons. The van der Waals surface area contributed by atoms with Crippen LogP contribution < -0.4 is 4.74 Å². The van der Waals surface area contributed by atoms with Gasteiger partial charge in [0.05, 0.1) is 17.2 Å². The maximum absolute atomic E-state index is 12.3. The molecule has 0 aromatic heterocycles. The highest BCUT2D eigenvalue weighted by Crippen LogP contribution is 2.34. The van der Waals surface area contributed by atoms with Crippen molar-refractivity contribution >= 4 is 46.0 Å². The van der Waals surface area contributed by atoms with E-state index in [1.165, 1.54) is 24.9 Å². The van der Waals surface area contributed by atoms with Gasteiger partial charge in [-0.15, -0.1) is 11.8 Å². The zero-order valence-corrected chi connectivity index (χ0v) is 14.7. The number of oxime groups is 1. The number of thioether (sulfide) groups is 1. The maximum atomic E-state index is 12.3. The molecule has 0 heterocycles. The second-order valence-electron chi connectivity index (χ2n) is 4.28. The van der Waals surface area contributed by atoms with E-state index in [9.17, 15) is 4.79 Å². The van der Waals surface area contributed by atoms with E-state index in [4.69, 9.17) is 32.8 Å². The Labute approximate surface area is 148 Å². The van der Waals surface area contributed by atoms with Gasteiger partial charge < -0.3 is 9.57 Å². The maximum Gasteiger partial charge on any atom is 0.371 e. The number of halogens is 2. The molecule has 0 atom stereocenters. The summed E-state index contributed by atoms with van der Waals surface area (Å²) in [6.45, 7) is 0. The van der Waals surface area contributed by atoms with Gasteiger partial charge in [0, 0.05) is 5.56 Å². The number of carbonyl (C=O) groups excluding carboxylic acids is 1. The largest absolute Gasteiger partial charge is 0.494 e. The fraction of sp³-hybridized carbons (Fsp3) is 0.125. The molecule has 0 aliphatic carbocycles. The Hall–Kier alpha value is -1.69. The zero-order chi connectivity index (χ0) is 16.8. The Morgan fingerprint density at radius 1 is 1.09 bits per heavy atom. The first-order chi connectivity index (χ1) is 11.1. The lowest BCUT2D eigenvalue weighted by Crippen LogP contribution is -2.07. The van der Waals surface area contributed by atoms with Crippen LogP contribution in [0.5, 0.6) is 5.75 Å². The number of benzene rings is 2. The minimum atomic E-state index is -0.739. The molecule has 0 saturated heterocycles. The lowest BCUT2D eigenvalue weighted by atomic mass is 10.2. The number of ether oxygens (including phenoxy) is 1. The summed E-state index contributed by atoms with van der Waals surface area (Å²) >= 11 is 13.4. The molecule has 0 aliphatic heterocycles. The lowest BCUT2D eigenvalue weighted by molar-refractivity contribution is 0.0515. The summed E-state index contributed by atoms with van der Waals surface area (Å²) in [6.07, 6.45) is 1.84. The summed E-state index contributed by atoms with van der Waals surface area (Å²) in [4.78, 5) is 17.3. The summed E-state index contributed by atoms with van der Waals surface area (Å²) in [7, 11) is 1.40. The topological polar surface area (TPSA) is 47.9 Å². The summed E-state index contributed by atoms with van der Waals surface area (Å²) in [5.74, 6) is -0.582. The van der Waals surface area contributed by atoms with Gasteiger partial charge in [0.1, 0.15) is 10.6 Å². The van der Waals surface area contributed by atoms with Crippen molar-refractivity contribution in [2.45, 2.75) is 0 Å². The first-order valence-electron chi connectivity index (χ1n) is 6.49. The van der Waals surface area contributed by atoms with E-state index < -0.39 is 5.97 Å². The molecule has 4 nitrogen and oxygen atoms in total. The summed E-state index contributed by atoms with van der Waals surface area (Å²) in [5.41, 5.74) is 0.885. The van der Waals surface area contributed by atoms with Crippen LogP contribution in [-0.4, -0.2) is 24.4 Å². The number of hydrogen-bond donors (Lipinski definition) is 0. The molecule has 0 radical (unpaired) electrons. The Bertz CT molecular complexity index is 736. The van der Waals surface area contributed by atoms with Gasteiger partial charge in [-0.3, -0.25) is 0 Å². The second kappa shape index (κ2) is 8.24. The van der Waals surface area contributed by atoms with Gasteiger partial charge >= 0.3 is 5.97 Å². The normalized spacial score (nSPS) is 11.2. The zero-order valence-electron chi connectivity index (χ0n) is 12.4. The molecule has 0 bridgehead atoms. The van der Waals surface area contributed by atoms with Crippen molar-refractivity contribution in [1.29, 1.82) is 0 Å². The van der Waals surface area contributed by atoms with Crippen molar-refractivity contribution in [3.05, 3.63) is 63.6 Å². The molecule has 0 aliphatic rings. The van der Waals surface area contributed by atoms with Crippen LogP contribution in [0.4, 0.5) is 0 Å². The highest BCUT2D eigenvalue weighted by atomic mass is 35.5. The van der Waals surface area contributed by atoms with E-state index in [-0.39, 0.29) is 21.4 Å². The molecule has 7 heteroatoms. The fourth-order valence-corrected chi connectivity index (χ4v) is 2.78. The van der Waals surface area contributed by atoms with Gasteiger partial charge in [0.15, 0.2) is 5.75 Å². The average molecular weight is 370 g/mol. The van der Waals surface area contributed by atoms with E-state index in [1.807, 2.05) is 36.6 Å². The van der Waals surface area contributed by atoms with Crippen LogP contribution in [0, 0.1) is 0 Å². The third-order valence-corrected chi connectivity index (χ3v) is 4.20. The van der Waals surface area contributed by atoms with Crippen molar-refractivity contribution in [3.63, 3.8) is 0 Å². The Kier molecular flexibility index (Phi) is 6.33. The molecule has 0 fully saturated rings. The smallest absolute Gasteiger partial charge is 0.371 e. The summed E-state index contributed by atoms with van der Waals surface area (Å²) in [5, 5.41) is 4.92. The molecule has 0 N–H and O–H groups in total. The molecule has 23 heavy (non-hydrogen) atoms. The molecule has 0 spiro atoms. The van der Waals surface area contributed by atoms with Crippen molar-refractivity contribution in [1.82, 2.24) is 0 Å². The van der Waals surface area contributed by atoms with Crippen LogP contribution in [0.15, 0.2) is 47.6 Å². The van der Waals surface area contributed by atoms with Gasteiger partial charge in [-0.05, 0) is 18.4 Å². The van der Waals surface area contributed by atoms with E-state index in [0.29, 0.717) is 5.04 Å². The van der Waals surface area contributed by atoms with Crippen molar-refractivity contribution in [2.75, 3.05) is 13.4 Å². The quantitative estimate of drug-likeness (QED) is 0.333. The summed E-state index contributed by atoms with van der Waals surface area (Å²) in [6, 6.07) is 12.4. The van der Waals surface area contributed by atoms with Crippen molar-refractivity contribution in [2.24, 2.45) is 5.16 Å². The van der Waals surface area contributed by atoms with E-state index in [1.54, 1.807) is 6.07 Å². The monoisotopic (exact) mass is 369 g/mol. The minimum absolute atomic E-state index is 0.0407. The molecule has 0 unspecified atom stereocenters. The van der Waals surface area contributed by atoms with Crippen LogP contribution in [0.25, 0.3) is 0 Å². The third kappa shape index (κ3) is 4.19. The number of methoxy groups -OCH3 is 1. The van der Waals surface area contributed by atoms with Gasteiger partial charge in [-0.1, -0.05) is 58.7 Å². The SMILES string of the molecule is COc1c(Cl)ccc(Cl)c1C(=O)O/N=C(\SC)c1ccccc1. The van der Waals surface area contributed by atoms with Crippen LogP contribution in [0.3, 0.4) is 0 Å². The van der Waals surface area contributed by atoms with Gasteiger partial charge in [0.25, 0.3) is 0 Å². The van der Waals surface area contributed by atoms with Gasteiger partial charge in [0.2, 0.25) is 0 Å². The number of rotatable bonds is 4. The van der Waals surface area contributed by atoms with Crippen molar-refractivity contribution in [3.8, 4) is 5.75 Å². The van der Waals surface area contributed by atoms with E-state index in [2.05, 4.69) is 5.16 Å². The number of nitrogens with zero attached hydrogens (tertiary/aromatic N) is 1. The molecule has 2 aromatic rings.